The van der Waals surface area contributed by atoms with Crippen LogP contribution in [-0.4, -0.2) is 5.71 Å². The molecule has 0 unspecified atom stereocenters. The fourth-order valence-corrected chi connectivity index (χ4v) is 1.69. The van der Waals surface area contributed by atoms with E-state index in [4.69, 9.17) is 0 Å². The molecule has 1 heteroatoms. The van der Waals surface area contributed by atoms with Gasteiger partial charge in [0.25, 0.3) is 0 Å². The number of hydrogen-bond acceptors (Lipinski definition) is 1. The molecule has 0 radical (unpaired) electrons. The topological polar surface area (TPSA) is 12.4 Å². The van der Waals surface area contributed by atoms with Crippen LogP contribution >= 0.6 is 0 Å². The van der Waals surface area contributed by atoms with Crippen LogP contribution in [0.25, 0.3) is 0 Å². The fourth-order valence-electron chi connectivity index (χ4n) is 1.69. The third-order valence-electron chi connectivity index (χ3n) is 2.65. The summed E-state index contributed by atoms with van der Waals surface area (Å²) in [6.07, 6.45) is 14.1. The van der Waals surface area contributed by atoms with Gasteiger partial charge in [-0.15, -0.1) is 0 Å². The van der Waals surface area contributed by atoms with Crippen molar-refractivity contribution in [3.63, 3.8) is 0 Å². The smallest absolute Gasteiger partial charge is 0.0375 e. The summed E-state index contributed by atoms with van der Waals surface area (Å²) in [7, 11) is 0. The molecule has 0 aromatic carbocycles. The summed E-state index contributed by atoms with van der Waals surface area (Å²) in [5.41, 5.74) is 4.81. The molecule has 0 aliphatic carbocycles. The van der Waals surface area contributed by atoms with E-state index in [-0.39, 0.29) is 0 Å². The van der Waals surface area contributed by atoms with Crippen molar-refractivity contribution in [1.82, 2.24) is 0 Å². The number of aliphatic imine (C=N–C) groups is 1. The van der Waals surface area contributed by atoms with E-state index >= 15 is 0 Å². The summed E-state index contributed by atoms with van der Waals surface area (Å²) in [4.78, 5) is 4.35. The lowest BCUT2D eigenvalue weighted by atomic mass is 9.96. The zero-order valence-electron chi connectivity index (χ0n) is 11.0. The Morgan fingerprint density at radius 1 is 1.47 bits per heavy atom. The number of allylic oxidation sites excluding steroid dienone is 8. The Morgan fingerprint density at radius 3 is 2.94 bits per heavy atom. The van der Waals surface area contributed by atoms with Gasteiger partial charge >= 0.3 is 0 Å². The quantitative estimate of drug-likeness (QED) is 0.616. The molecule has 0 fully saturated rings. The lowest BCUT2D eigenvalue weighted by Crippen LogP contribution is -1.94. The average Bonchev–Trinajstić information content (AvgIpc) is 2.37. The van der Waals surface area contributed by atoms with Crippen LogP contribution in [-0.2, 0) is 0 Å². The molecule has 0 aromatic rings. The molecule has 0 spiro atoms. The largest absolute Gasteiger partial charge is 0.262 e. The summed E-state index contributed by atoms with van der Waals surface area (Å²) in [6.45, 7) is 10.4. The first kappa shape index (κ1) is 13.4. The first-order valence-electron chi connectivity index (χ1n) is 6.00. The Hall–Kier alpha value is -1.63. The SMILES string of the molecule is C=C(C/C=C\C)/C1=C/C(C)=N/C=C\C=C(/C)C1. The minimum atomic E-state index is 0.913. The van der Waals surface area contributed by atoms with E-state index in [9.17, 15) is 0 Å². The van der Waals surface area contributed by atoms with Gasteiger partial charge < -0.3 is 0 Å². The maximum Gasteiger partial charge on any atom is 0.0375 e. The maximum atomic E-state index is 4.35. The molecule has 0 bridgehead atoms. The molecule has 0 atom stereocenters. The first-order chi connectivity index (χ1) is 8.13. The van der Waals surface area contributed by atoms with E-state index in [0.717, 1.165) is 18.6 Å². The number of hydrogen-bond donors (Lipinski definition) is 0. The standard InChI is InChI=1S/C16H21N/c1-5-6-9-14(3)16-11-13(2)8-7-10-17-15(4)12-16/h5-8,10,12H,3,9,11H2,1-2,4H3/b6-5-,10-7-,13-8+,16-12+,17-15+. The van der Waals surface area contributed by atoms with Crippen LogP contribution in [0.3, 0.4) is 0 Å². The molecule has 1 aliphatic rings. The van der Waals surface area contributed by atoms with Crippen LogP contribution < -0.4 is 0 Å². The summed E-state index contributed by atoms with van der Waals surface area (Å²) < 4.78 is 0. The lowest BCUT2D eigenvalue weighted by molar-refractivity contribution is 1.08. The highest BCUT2D eigenvalue weighted by Gasteiger charge is 2.04. The molecule has 1 heterocycles. The van der Waals surface area contributed by atoms with Crippen LogP contribution in [0.15, 0.2) is 64.9 Å². The van der Waals surface area contributed by atoms with E-state index in [0.29, 0.717) is 0 Å². The van der Waals surface area contributed by atoms with Crippen LogP contribution in [0, 0.1) is 0 Å². The van der Waals surface area contributed by atoms with E-state index in [2.05, 4.69) is 42.8 Å². The highest BCUT2D eigenvalue weighted by molar-refractivity contribution is 5.94. The van der Waals surface area contributed by atoms with Gasteiger partial charge in [0.2, 0.25) is 0 Å². The molecule has 17 heavy (non-hydrogen) atoms. The summed E-state index contributed by atoms with van der Waals surface area (Å²) >= 11 is 0. The van der Waals surface area contributed by atoms with Gasteiger partial charge in [0.15, 0.2) is 0 Å². The van der Waals surface area contributed by atoms with E-state index < -0.39 is 0 Å². The monoisotopic (exact) mass is 227 g/mol. The van der Waals surface area contributed by atoms with Gasteiger partial charge in [0.05, 0.1) is 0 Å². The Morgan fingerprint density at radius 2 is 2.24 bits per heavy atom. The van der Waals surface area contributed by atoms with Crippen LogP contribution in [0.1, 0.15) is 33.6 Å². The fraction of sp³-hybridized carbons (Fsp3) is 0.312. The van der Waals surface area contributed by atoms with E-state index in [1.807, 2.05) is 26.1 Å². The third-order valence-corrected chi connectivity index (χ3v) is 2.65. The molecule has 0 N–H and O–H groups in total. The van der Waals surface area contributed by atoms with Gasteiger partial charge in [0.1, 0.15) is 0 Å². The van der Waals surface area contributed by atoms with Gasteiger partial charge in [0, 0.05) is 11.9 Å². The minimum absolute atomic E-state index is 0.913. The molecule has 1 rings (SSSR count). The van der Waals surface area contributed by atoms with Crippen molar-refractivity contribution >= 4 is 5.71 Å². The first-order valence-corrected chi connectivity index (χ1v) is 6.00. The van der Waals surface area contributed by atoms with Crippen molar-refractivity contribution in [1.29, 1.82) is 0 Å². The highest BCUT2D eigenvalue weighted by atomic mass is 14.7. The molecule has 1 nitrogen and oxygen atoms in total. The molecule has 0 aromatic heterocycles. The molecule has 1 aliphatic heterocycles. The second-order valence-corrected chi connectivity index (χ2v) is 4.35. The third kappa shape index (κ3) is 4.81. The van der Waals surface area contributed by atoms with Crippen molar-refractivity contribution in [2.45, 2.75) is 33.6 Å². The molecular formula is C16H21N. The van der Waals surface area contributed by atoms with Gasteiger partial charge in [-0.3, -0.25) is 4.99 Å². The molecule has 90 valence electrons. The summed E-state index contributed by atoms with van der Waals surface area (Å²) in [5, 5.41) is 0. The van der Waals surface area contributed by atoms with Crippen LogP contribution in [0.4, 0.5) is 0 Å². The van der Waals surface area contributed by atoms with Gasteiger partial charge in [-0.05, 0) is 56.9 Å². The second kappa shape index (κ2) is 6.85. The van der Waals surface area contributed by atoms with Gasteiger partial charge in [-0.1, -0.05) is 30.4 Å². The predicted molar refractivity (Wildman–Crippen MR) is 77.3 cm³/mol. The number of nitrogens with zero attached hydrogens (tertiary/aromatic N) is 1. The van der Waals surface area contributed by atoms with Crippen molar-refractivity contribution in [3.8, 4) is 0 Å². The van der Waals surface area contributed by atoms with E-state index in [1.165, 1.54) is 16.7 Å². The summed E-state index contributed by atoms with van der Waals surface area (Å²) in [5.74, 6) is 0. The predicted octanol–water partition coefficient (Wildman–Crippen LogP) is 4.76. The van der Waals surface area contributed by atoms with Crippen molar-refractivity contribution in [3.05, 3.63) is 59.9 Å². The normalized spacial score (nSPS) is 27.8. The Kier molecular flexibility index (Phi) is 5.41. The van der Waals surface area contributed by atoms with Crippen molar-refractivity contribution in [2.24, 2.45) is 4.99 Å². The van der Waals surface area contributed by atoms with Crippen LogP contribution in [0.5, 0.6) is 0 Å². The highest BCUT2D eigenvalue weighted by Crippen LogP contribution is 2.21. The molecule has 0 amide bonds. The molecular weight excluding hydrogens is 206 g/mol. The second-order valence-electron chi connectivity index (χ2n) is 4.35. The maximum absolute atomic E-state index is 4.35. The van der Waals surface area contributed by atoms with Crippen LogP contribution in [0.2, 0.25) is 0 Å². The zero-order chi connectivity index (χ0) is 12.7. The van der Waals surface area contributed by atoms with E-state index in [1.54, 1.807) is 0 Å². The number of rotatable bonds is 3. The molecule has 0 saturated carbocycles. The zero-order valence-corrected chi connectivity index (χ0v) is 11.0. The van der Waals surface area contributed by atoms with Gasteiger partial charge in [-0.25, -0.2) is 0 Å². The Balaban J connectivity index is 2.94. The van der Waals surface area contributed by atoms with Crippen molar-refractivity contribution < 1.29 is 0 Å². The minimum Gasteiger partial charge on any atom is -0.262 e. The average molecular weight is 227 g/mol. The van der Waals surface area contributed by atoms with Gasteiger partial charge in [-0.2, -0.15) is 0 Å². The van der Waals surface area contributed by atoms with Crippen molar-refractivity contribution in [2.75, 3.05) is 0 Å². The summed E-state index contributed by atoms with van der Waals surface area (Å²) in [6, 6.07) is 0. The lowest BCUT2D eigenvalue weighted by Gasteiger charge is -2.09. The Bertz CT molecular complexity index is 428. The Labute approximate surface area is 105 Å². The molecule has 0 saturated heterocycles.